The average molecular weight is 296 g/mol. The van der Waals surface area contributed by atoms with E-state index >= 15 is 0 Å². The summed E-state index contributed by atoms with van der Waals surface area (Å²) in [6.07, 6.45) is 0.491. The van der Waals surface area contributed by atoms with Gasteiger partial charge in [0.25, 0.3) is 0 Å². The standard InChI is InChI=1S/C15H25N2O2P/c1-10(2)19-15(18)14(17-20)9-13(11(3)16)12-7-5-4-6-8-12/h4-8,10-11,13-14,17H,9,16,20H2,1-3H3. The van der Waals surface area contributed by atoms with Crippen LogP contribution in [0.2, 0.25) is 0 Å². The Hall–Kier alpha value is -0.960. The molecule has 0 saturated carbocycles. The van der Waals surface area contributed by atoms with Crippen LogP contribution < -0.4 is 10.8 Å². The molecular weight excluding hydrogens is 271 g/mol. The number of rotatable bonds is 7. The predicted octanol–water partition coefficient (Wildman–Crippen LogP) is 2.21. The van der Waals surface area contributed by atoms with E-state index in [4.69, 9.17) is 10.5 Å². The number of benzene rings is 1. The molecule has 0 fully saturated rings. The molecule has 3 N–H and O–H groups in total. The molecule has 0 saturated heterocycles. The van der Waals surface area contributed by atoms with Crippen molar-refractivity contribution in [3.05, 3.63) is 35.9 Å². The highest BCUT2D eigenvalue weighted by Crippen LogP contribution is 2.25. The summed E-state index contributed by atoms with van der Waals surface area (Å²) in [6.45, 7) is 5.65. The van der Waals surface area contributed by atoms with Crippen LogP contribution >= 0.6 is 9.39 Å². The average Bonchev–Trinajstić information content (AvgIpc) is 2.39. The highest BCUT2D eigenvalue weighted by atomic mass is 31.0. The van der Waals surface area contributed by atoms with Crippen LogP contribution in [0, 0.1) is 0 Å². The zero-order chi connectivity index (χ0) is 15.1. The SMILES string of the molecule is CC(C)OC(=O)C(CC(c1ccccc1)C(C)N)NP. The fraction of sp³-hybridized carbons (Fsp3) is 0.533. The molecule has 0 aliphatic carbocycles. The van der Waals surface area contributed by atoms with E-state index in [1.807, 2.05) is 51.1 Å². The third kappa shape index (κ3) is 5.20. The first kappa shape index (κ1) is 17.1. The summed E-state index contributed by atoms with van der Waals surface area (Å²) < 4.78 is 5.26. The van der Waals surface area contributed by atoms with Crippen LogP contribution in [0.3, 0.4) is 0 Å². The second-order valence-corrected chi connectivity index (χ2v) is 5.65. The number of carbonyl (C=O) groups is 1. The van der Waals surface area contributed by atoms with E-state index in [-0.39, 0.29) is 30.1 Å². The van der Waals surface area contributed by atoms with Crippen molar-refractivity contribution in [2.75, 3.05) is 0 Å². The van der Waals surface area contributed by atoms with E-state index in [9.17, 15) is 4.79 Å². The molecule has 0 amide bonds. The number of nitrogens with two attached hydrogens (primary N) is 1. The van der Waals surface area contributed by atoms with Crippen molar-refractivity contribution in [2.24, 2.45) is 5.73 Å². The van der Waals surface area contributed by atoms with Crippen molar-refractivity contribution in [3.8, 4) is 0 Å². The summed E-state index contributed by atoms with van der Waals surface area (Å²) in [6, 6.07) is 9.62. The first-order valence-electron chi connectivity index (χ1n) is 6.92. The lowest BCUT2D eigenvalue weighted by molar-refractivity contribution is -0.149. The lowest BCUT2D eigenvalue weighted by Crippen LogP contribution is -2.38. The Bertz CT molecular complexity index is 410. The summed E-state index contributed by atoms with van der Waals surface area (Å²) in [7, 11) is 2.39. The lowest BCUT2D eigenvalue weighted by Gasteiger charge is -2.26. The van der Waals surface area contributed by atoms with Crippen LogP contribution in [0.25, 0.3) is 0 Å². The molecule has 0 aromatic heterocycles. The predicted molar refractivity (Wildman–Crippen MR) is 85.3 cm³/mol. The van der Waals surface area contributed by atoms with Crippen LogP contribution in [-0.2, 0) is 9.53 Å². The van der Waals surface area contributed by atoms with Crippen molar-refractivity contribution in [1.29, 1.82) is 0 Å². The minimum Gasteiger partial charge on any atom is -0.462 e. The molecule has 4 unspecified atom stereocenters. The van der Waals surface area contributed by atoms with Gasteiger partial charge < -0.3 is 10.5 Å². The molecule has 0 radical (unpaired) electrons. The first-order valence-corrected chi connectivity index (χ1v) is 7.50. The highest BCUT2D eigenvalue weighted by Gasteiger charge is 2.26. The summed E-state index contributed by atoms with van der Waals surface area (Å²) in [5.74, 6) is -0.134. The summed E-state index contributed by atoms with van der Waals surface area (Å²) >= 11 is 0. The third-order valence-electron chi connectivity index (χ3n) is 3.19. The van der Waals surface area contributed by atoms with Gasteiger partial charge >= 0.3 is 5.97 Å². The van der Waals surface area contributed by atoms with Gasteiger partial charge in [0.1, 0.15) is 6.04 Å². The first-order chi connectivity index (χ1) is 9.45. The van der Waals surface area contributed by atoms with E-state index in [2.05, 4.69) is 14.5 Å². The molecule has 4 nitrogen and oxygen atoms in total. The Morgan fingerprint density at radius 3 is 2.35 bits per heavy atom. The molecule has 112 valence electrons. The summed E-state index contributed by atoms with van der Waals surface area (Å²) in [5, 5.41) is 2.95. The van der Waals surface area contributed by atoms with Crippen LogP contribution in [0.4, 0.5) is 0 Å². The van der Waals surface area contributed by atoms with Gasteiger partial charge in [-0.15, -0.1) is 0 Å². The number of ether oxygens (including phenoxy) is 1. The van der Waals surface area contributed by atoms with Gasteiger partial charge in [-0.1, -0.05) is 39.7 Å². The summed E-state index contributed by atoms with van der Waals surface area (Å²) in [4.78, 5) is 12.0. The Balaban J connectivity index is 2.81. The number of hydrogen-bond acceptors (Lipinski definition) is 4. The maximum absolute atomic E-state index is 12.0. The molecule has 5 heteroatoms. The van der Waals surface area contributed by atoms with Gasteiger partial charge in [0.05, 0.1) is 6.10 Å². The molecule has 0 aliphatic heterocycles. The van der Waals surface area contributed by atoms with Gasteiger partial charge in [-0.05, 0) is 32.8 Å². The Morgan fingerprint density at radius 1 is 1.30 bits per heavy atom. The number of hydrogen-bond donors (Lipinski definition) is 2. The maximum Gasteiger partial charge on any atom is 0.323 e. The Labute approximate surface area is 123 Å². The van der Waals surface area contributed by atoms with E-state index in [1.165, 1.54) is 0 Å². The van der Waals surface area contributed by atoms with Crippen molar-refractivity contribution < 1.29 is 9.53 Å². The van der Waals surface area contributed by atoms with E-state index in [0.29, 0.717) is 6.42 Å². The lowest BCUT2D eigenvalue weighted by atomic mass is 9.87. The topological polar surface area (TPSA) is 64.3 Å². The zero-order valence-corrected chi connectivity index (χ0v) is 13.5. The van der Waals surface area contributed by atoms with Gasteiger partial charge in [-0.25, -0.2) is 0 Å². The van der Waals surface area contributed by atoms with Gasteiger partial charge in [0.15, 0.2) is 0 Å². The minimum atomic E-state index is -0.376. The van der Waals surface area contributed by atoms with Crippen molar-refractivity contribution in [2.45, 2.75) is 51.3 Å². The fourth-order valence-electron chi connectivity index (χ4n) is 2.16. The molecule has 0 heterocycles. The van der Waals surface area contributed by atoms with Crippen LogP contribution in [0.5, 0.6) is 0 Å². The zero-order valence-electron chi connectivity index (χ0n) is 12.4. The van der Waals surface area contributed by atoms with Crippen LogP contribution in [-0.4, -0.2) is 24.2 Å². The maximum atomic E-state index is 12.0. The van der Waals surface area contributed by atoms with Crippen molar-refractivity contribution in [3.63, 3.8) is 0 Å². The van der Waals surface area contributed by atoms with Gasteiger partial charge in [0, 0.05) is 12.0 Å². The number of esters is 1. The van der Waals surface area contributed by atoms with Gasteiger partial charge in [0.2, 0.25) is 0 Å². The van der Waals surface area contributed by atoms with Crippen LogP contribution in [0.15, 0.2) is 30.3 Å². The van der Waals surface area contributed by atoms with Crippen molar-refractivity contribution >= 4 is 15.4 Å². The van der Waals surface area contributed by atoms with Gasteiger partial charge in [-0.2, -0.15) is 0 Å². The van der Waals surface area contributed by atoms with Gasteiger partial charge in [-0.3, -0.25) is 9.88 Å². The normalized spacial score (nSPS) is 15.7. The molecule has 4 atom stereocenters. The molecule has 20 heavy (non-hydrogen) atoms. The minimum absolute atomic E-state index is 0.0369. The monoisotopic (exact) mass is 296 g/mol. The van der Waals surface area contributed by atoms with Crippen molar-refractivity contribution in [1.82, 2.24) is 5.09 Å². The largest absolute Gasteiger partial charge is 0.462 e. The Kier molecular flexibility index (Phi) is 7.14. The highest BCUT2D eigenvalue weighted by molar-refractivity contribution is 7.13. The quantitative estimate of drug-likeness (QED) is 0.598. The molecule has 0 bridgehead atoms. The molecule has 0 aliphatic rings. The molecule has 1 aromatic rings. The second-order valence-electron chi connectivity index (χ2n) is 5.32. The van der Waals surface area contributed by atoms with E-state index in [1.54, 1.807) is 0 Å². The molecular formula is C15H25N2O2P. The van der Waals surface area contributed by atoms with E-state index < -0.39 is 0 Å². The second kappa shape index (κ2) is 8.35. The molecule has 1 aromatic carbocycles. The molecule has 0 spiro atoms. The van der Waals surface area contributed by atoms with E-state index in [0.717, 1.165) is 5.56 Å². The number of carbonyl (C=O) groups excluding carboxylic acids is 1. The smallest absolute Gasteiger partial charge is 0.323 e. The number of nitrogens with one attached hydrogen (secondary N) is 1. The summed E-state index contributed by atoms with van der Waals surface area (Å²) in [5.41, 5.74) is 7.23. The Morgan fingerprint density at radius 2 is 1.90 bits per heavy atom. The van der Waals surface area contributed by atoms with Crippen LogP contribution in [0.1, 0.15) is 38.7 Å². The molecule has 1 rings (SSSR count). The fourth-order valence-corrected chi connectivity index (χ4v) is 2.43. The third-order valence-corrected chi connectivity index (χ3v) is 3.59.